The van der Waals surface area contributed by atoms with Crippen LogP contribution in [0.15, 0.2) is 60.7 Å². The van der Waals surface area contributed by atoms with Crippen molar-refractivity contribution in [2.75, 3.05) is 33.7 Å². The van der Waals surface area contributed by atoms with E-state index in [9.17, 15) is 0 Å². The second kappa shape index (κ2) is 12.3. The summed E-state index contributed by atoms with van der Waals surface area (Å²) in [5.41, 5.74) is 2.49. The highest BCUT2D eigenvalue weighted by Gasteiger charge is 2.00. The van der Waals surface area contributed by atoms with E-state index in [1.807, 2.05) is 18.2 Å². The highest BCUT2D eigenvalue weighted by atomic mass is 15.1. The predicted molar refractivity (Wildman–Crippen MR) is 112 cm³/mol. The van der Waals surface area contributed by atoms with Gasteiger partial charge in [-0.15, -0.1) is 0 Å². The normalized spacial score (nSPS) is 10.8. The number of unbranched alkanes of at least 4 members (excludes halogenated alkanes) is 3. The molecule has 0 N–H and O–H groups in total. The molecule has 0 saturated heterocycles. The molecule has 0 saturated carbocycles. The molecule has 0 heterocycles. The average molecular weight is 349 g/mol. The van der Waals surface area contributed by atoms with Gasteiger partial charge in [0.2, 0.25) is 0 Å². The maximum Gasteiger partial charge on any atom is 0.0602 e. The number of benzene rings is 2. The van der Waals surface area contributed by atoms with Crippen LogP contribution in [-0.4, -0.2) is 43.5 Å². The van der Waals surface area contributed by atoms with Crippen molar-refractivity contribution in [3.8, 4) is 11.8 Å². The first-order valence-corrected chi connectivity index (χ1v) is 9.69. The molecule has 0 amide bonds. The van der Waals surface area contributed by atoms with E-state index in [-0.39, 0.29) is 0 Å². The van der Waals surface area contributed by atoms with Crippen molar-refractivity contribution in [2.45, 2.75) is 32.2 Å². The minimum Gasteiger partial charge on any atom is -0.302 e. The lowest BCUT2D eigenvalue weighted by molar-refractivity contribution is 0.312. The summed E-state index contributed by atoms with van der Waals surface area (Å²) in [6, 6.07) is 20.9. The highest BCUT2D eigenvalue weighted by molar-refractivity contribution is 5.33. The van der Waals surface area contributed by atoms with Gasteiger partial charge in [0.1, 0.15) is 0 Å². The van der Waals surface area contributed by atoms with Gasteiger partial charge in [-0.3, -0.25) is 4.90 Å². The van der Waals surface area contributed by atoms with Gasteiger partial charge in [-0.25, -0.2) is 0 Å². The van der Waals surface area contributed by atoms with Crippen LogP contribution in [-0.2, 0) is 6.54 Å². The van der Waals surface area contributed by atoms with Crippen LogP contribution in [0.25, 0.3) is 0 Å². The van der Waals surface area contributed by atoms with Crippen LogP contribution < -0.4 is 0 Å². The van der Waals surface area contributed by atoms with E-state index >= 15 is 0 Å². The molecule has 0 aliphatic carbocycles. The Bertz CT molecular complexity index is 655. The summed E-state index contributed by atoms with van der Waals surface area (Å²) in [5, 5.41) is 0. The molecule has 2 heteroatoms. The lowest BCUT2D eigenvalue weighted by Crippen LogP contribution is -2.20. The maximum absolute atomic E-state index is 3.26. The van der Waals surface area contributed by atoms with Crippen LogP contribution in [0.3, 0.4) is 0 Å². The minimum absolute atomic E-state index is 0.842. The number of hydrogen-bond donors (Lipinski definition) is 0. The monoisotopic (exact) mass is 348 g/mol. The molecule has 0 radical (unpaired) electrons. The van der Waals surface area contributed by atoms with Gasteiger partial charge in [-0.05, 0) is 57.7 Å². The number of nitrogens with zero attached hydrogens (tertiary/aromatic N) is 2. The topological polar surface area (TPSA) is 6.48 Å². The molecule has 2 aromatic rings. The standard InChI is InChI=1S/C24H32N2/c1-25(21-13-18-23-14-7-5-8-15-23)19-11-3-4-12-20-26(2)22-24-16-9-6-10-17-24/h5-10,14-17H,3-4,11-12,19-22H2,1-2H3. The third kappa shape index (κ3) is 8.85. The van der Waals surface area contributed by atoms with E-state index in [0.717, 1.165) is 25.2 Å². The Kier molecular flexibility index (Phi) is 9.57. The zero-order valence-electron chi connectivity index (χ0n) is 16.3. The quantitative estimate of drug-likeness (QED) is 0.455. The third-order valence-electron chi connectivity index (χ3n) is 4.48. The summed E-state index contributed by atoms with van der Waals surface area (Å²) in [6.07, 6.45) is 5.14. The third-order valence-corrected chi connectivity index (χ3v) is 4.48. The molecule has 2 nitrogen and oxygen atoms in total. The van der Waals surface area contributed by atoms with Gasteiger partial charge >= 0.3 is 0 Å². The molecule has 0 aromatic heterocycles. The number of rotatable bonds is 10. The summed E-state index contributed by atoms with van der Waals surface area (Å²) in [5.74, 6) is 6.48. The molecule has 2 aromatic carbocycles. The minimum atomic E-state index is 0.842. The maximum atomic E-state index is 3.26. The SMILES string of the molecule is CN(CC#Cc1ccccc1)CCCCCCN(C)Cc1ccccc1. The first-order chi connectivity index (χ1) is 12.7. The average Bonchev–Trinajstić information content (AvgIpc) is 2.66. The molecule has 138 valence electrons. The van der Waals surface area contributed by atoms with E-state index in [2.05, 4.69) is 78.2 Å². The van der Waals surface area contributed by atoms with E-state index in [1.165, 1.54) is 37.8 Å². The van der Waals surface area contributed by atoms with Gasteiger partial charge in [0.05, 0.1) is 6.54 Å². The van der Waals surface area contributed by atoms with Gasteiger partial charge in [0.15, 0.2) is 0 Å². The summed E-state index contributed by atoms with van der Waals surface area (Å²) in [4.78, 5) is 4.73. The van der Waals surface area contributed by atoms with E-state index in [4.69, 9.17) is 0 Å². The Hall–Kier alpha value is -2.08. The van der Waals surface area contributed by atoms with E-state index < -0.39 is 0 Å². The van der Waals surface area contributed by atoms with Crippen LogP contribution in [0.1, 0.15) is 36.8 Å². The van der Waals surface area contributed by atoms with Gasteiger partial charge in [-0.1, -0.05) is 73.2 Å². The summed E-state index contributed by atoms with van der Waals surface area (Å²) >= 11 is 0. The molecule has 0 aliphatic rings. The van der Waals surface area contributed by atoms with Crippen LogP contribution in [0.2, 0.25) is 0 Å². The first-order valence-electron chi connectivity index (χ1n) is 9.69. The Morgan fingerprint density at radius 3 is 1.92 bits per heavy atom. The summed E-state index contributed by atoms with van der Waals surface area (Å²) in [7, 11) is 4.37. The number of hydrogen-bond acceptors (Lipinski definition) is 2. The van der Waals surface area contributed by atoms with Crippen molar-refractivity contribution < 1.29 is 0 Å². The lowest BCUT2D eigenvalue weighted by atomic mass is 10.1. The Morgan fingerprint density at radius 1 is 0.692 bits per heavy atom. The smallest absolute Gasteiger partial charge is 0.0602 e. The lowest BCUT2D eigenvalue weighted by Gasteiger charge is -2.17. The highest BCUT2D eigenvalue weighted by Crippen LogP contribution is 2.06. The predicted octanol–water partition coefficient (Wildman–Crippen LogP) is 4.66. The van der Waals surface area contributed by atoms with Crippen molar-refractivity contribution in [2.24, 2.45) is 0 Å². The molecule has 0 fully saturated rings. The fourth-order valence-corrected chi connectivity index (χ4v) is 2.97. The Balaban J connectivity index is 1.49. The van der Waals surface area contributed by atoms with Gasteiger partial charge < -0.3 is 4.90 Å². The van der Waals surface area contributed by atoms with Crippen molar-refractivity contribution in [1.82, 2.24) is 9.80 Å². The van der Waals surface area contributed by atoms with Gasteiger partial charge in [0.25, 0.3) is 0 Å². The largest absolute Gasteiger partial charge is 0.302 e. The van der Waals surface area contributed by atoms with Crippen LogP contribution in [0.5, 0.6) is 0 Å². The van der Waals surface area contributed by atoms with Crippen molar-refractivity contribution in [1.29, 1.82) is 0 Å². The van der Waals surface area contributed by atoms with Gasteiger partial charge in [-0.2, -0.15) is 0 Å². The molecular formula is C24H32N2. The Morgan fingerprint density at radius 2 is 1.27 bits per heavy atom. The van der Waals surface area contributed by atoms with Crippen molar-refractivity contribution in [3.05, 3.63) is 71.8 Å². The first kappa shape index (κ1) is 20.2. The summed E-state index contributed by atoms with van der Waals surface area (Å²) < 4.78 is 0. The van der Waals surface area contributed by atoms with Crippen LogP contribution in [0, 0.1) is 11.8 Å². The van der Waals surface area contributed by atoms with Crippen LogP contribution >= 0.6 is 0 Å². The molecule has 2 rings (SSSR count). The van der Waals surface area contributed by atoms with E-state index in [0.29, 0.717) is 0 Å². The Labute approximate surface area is 159 Å². The zero-order chi connectivity index (χ0) is 18.5. The van der Waals surface area contributed by atoms with Crippen molar-refractivity contribution >= 4 is 0 Å². The molecule has 0 aliphatic heterocycles. The second-order valence-corrected chi connectivity index (χ2v) is 7.04. The molecule has 0 unspecified atom stereocenters. The zero-order valence-corrected chi connectivity index (χ0v) is 16.3. The van der Waals surface area contributed by atoms with E-state index in [1.54, 1.807) is 0 Å². The summed E-state index contributed by atoms with van der Waals surface area (Å²) in [6.45, 7) is 4.19. The molecule has 0 bridgehead atoms. The fraction of sp³-hybridized carbons (Fsp3) is 0.417. The molecule has 26 heavy (non-hydrogen) atoms. The molecule has 0 atom stereocenters. The molecular weight excluding hydrogens is 316 g/mol. The van der Waals surface area contributed by atoms with Crippen LogP contribution in [0.4, 0.5) is 0 Å². The van der Waals surface area contributed by atoms with Gasteiger partial charge in [0, 0.05) is 12.1 Å². The second-order valence-electron chi connectivity index (χ2n) is 7.04. The fourth-order valence-electron chi connectivity index (χ4n) is 2.97. The molecule has 0 spiro atoms. The van der Waals surface area contributed by atoms with Crippen molar-refractivity contribution in [3.63, 3.8) is 0 Å².